The van der Waals surface area contributed by atoms with Crippen LogP contribution in [0.4, 0.5) is 0 Å². The molecule has 0 radical (unpaired) electrons. The van der Waals surface area contributed by atoms with E-state index in [2.05, 4.69) is 0 Å². The number of carbonyl (C=O) groups is 1. The summed E-state index contributed by atoms with van der Waals surface area (Å²) in [6, 6.07) is 14.8. The van der Waals surface area contributed by atoms with Gasteiger partial charge in [0.25, 0.3) is 0 Å². The maximum atomic E-state index is 11.2. The van der Waals surface area contributed by atoms with Crippen molar-refractivity contribution in [2.75, 3.05) is 0 Å². The van der Waals surface area contributed by atoms with Crippen molar-refractivity contribution >= 4 is 28.5 Å². The fraction of sp³-hybridized carbons (Fsp3) is 0.0625. The van der Waals surface area contributed by atoms with Gasteiger partial charge in [-0.3, -0.25) is 0 Å². The number of aromatic carboxylic acids is 1. The van der Waals surface area contributed by atoms with Crippen LogP contribution in [0.25, 0.3) is 10.9 Å². The second-order valence-corrected chi connectivity index (χ2v) is 5.05. The Hall–Kier alpha value is -2.26. The highest BCUT2D eigenvalue weighted by atomic mass is 35.5. The largest absolute Gasteiger partial charge is 0.478 e. The first-order valence-corrected chi connectivity index (χ1v) is 6.58. The number of carboxylic acids is 1. The molecule has 0 saturated heterocycles. The molecular weight excluding hydrogens is 274 g/mol. The molecule has 0 atom stereocenters. The zero-order valence-corrected chi connectivity index (χ0v) is 11.3. The molecule has 0 fully saturated rings. The molecule has 3 aromatic rings. The van der Waals surface area contributed by atoms with Gasteiger partial charge in [-0.15, -0.1) is 0 Å². The Morgan fingerprint density at radius 3 is 2.70 bits per heavy atom. The van der Waals surface area contributed by atoms with Gasteiger partial charge in [-0.25, -0.2) is 4.79 Å². The summed E-state index contributed by atoms with van der Waals surface area (Å²) in [6.07, 6.45) is 1.90. The summed E-state index contributed by atoms with van der Waals surface area (Å²) in [5, 5.41) is 10.6. The van der Waals surface area contributed by atoms with Crippen molar-refractivity contribution in [3.05, 3.63) is 70.9 Å². The van der Waals surface area contributed by atoms with Crippen LogP contribution in [0.3, 0.4) is 0 Å². The number of benzene rings is 2. The molecule has 0 unspecified atom stereocenters. The number of nitrogens with zero attached hydrogens (tertiary/aromatic N) is 1. The Morgan fingerprint density at radius 2 is 1.95 bits per heavy atom. The fourth-order valence-corrected chi connectivity index (χ4v) is 2.59. The monoisotopic (exact) mass is 285 g/mol. The van der Waals surface area contributed by atoms with E-state index in [-0.39, 0.29) is 0 Å². The molecule has 20 heavy (non-hydrogen) atoms. The number of halogens is 1. The van der Waals surface area contributed by atoms with Gasteiger partial charge in [-0.05, 0) is 35.9 Å². The third-order valence-corrected chi connectivity index (χ3v) is 3.52. The molecule has 4 heteroatoms. The molecule has 3 rings (SSSR count). The third kappa shape index (κ3) is 2.28. The van der Waals surface area contributed by atoms with Crippen molar-refractivity contribution in [2.45, 2.75) is 6.54 Å². The van der Waals surface area contributed by atoms with Gasteiger partial charge in [0.1, 0.15) is 0 Å². The highest BCUT2D eigenvalue weighted by molar-refractivity contribution is 6.30. The van der Waals surface area contributed by atoms with Gasteiger partial charge in [-0.2, -0.15) is 0 Å². The van der Waals surface area contributed by atoms with E-state index in [0.29, 0.717) is 17.1 Å². The lowest BCUT2D eigenvalue weighted by Gasteiger charge is -2.06. The molecule has 2 aromatic carbocycles. The molecule has 1 aromatic heterocycles. The lowest BCUT2D eigenvalue weighted by Crippen LogP contribution is -2.00. The summed E-state index contributed by atoms with van der Waals surface area (Å²) in [4.78, 5) is 11.2. The Balaban J connectivity index is 2.05. The fourth-order valence-electron chi connectivity index (χ4n) is 2.38. The van der Waals surface area contributed by atoms with Gasteiger partial charge < -0.3 is 9.67 Å². The van der Waals surface area contributed by atoms with Crippen molar-refractivity contribution in [1.29, 1.82) is 0 Å². The molecule has 0 amide bonds. The maximum absolute atomic E-state index is 11.2. The van der Waals surface area contributed by atoms with Crippen LogP contribution in [0.2, 0.25) is 5.02 Å². The van der Waals surface area contributed by atoms with Crippen molar-refractivity contribution in [2.24, 2.45) is 0 Å². The van der Waals surface area contributed by atoms with Gasteiger partial charge in [0, 0.05) is 28.7 Å². The molecule has 1 heterocycles. The number of hydrogen-bond acceptors (Lipinski definition) is 1. The van der Waals surface area contributed by atoms with E-state index in [1.807, 2.05) is 47.2 Å². The lowest BCUT2D eigenvalue weighted by atomic mass is 10.1. The van der Waals surface area contributed by atoms with Crippen LogP contribution < -0.4 is 0 Å². The molecule has 0 aliphatic carbocycles. The first kappa shape index (κ1) is 12.8. The van der Waals surface area contributed by atoms with Crippen molar-refractivity contribution in [3.8, 4) is 0 Å². The standard InChI is InChI=1S/C16H12ClNO2/c17-12-4-1-3-11(9-12)10-18-8-7-13-14(16(19)20)5-2-6-15(13)18/h1-9H,10H2,(H,19,20). The number of aromatic nitrogens is 1. The molecule has 0 bridgehead atoms. The first-order valence-electron chi connectivity index (χ1n) is 6.21. The minimum absolute atomic E-state index is 0.326. The van der Waals surface area contributed by atoms with Crippen LogP contribution in [0.1, 0.15) is 15.9 Å². The smallest absolute Gasteiger partial charge is 0.336 e. The number of hydrogen-bond donors (Lipinski definition) is 1. The summed E-state index contributed by atoms with van der Waals surface area (Å²) >= 11 is 5.98. The second-order valence-electron chi connectivity index (χ2n) is 4.62. The molecule has 100 valence electrons. The van der Waals surface area contributed by atoms with E-state index >= 15 is 0 Å². The highest BCUT2D eigenvalue weighted by Crippen LogP contribution is 2.22. The van der Waals surface area contributed by atoms with Crippen molar-refractivity contribution in [1.82, 2.24) is 4.57 Å². The number of fused-ring (bicyclic) bond motifs is 1. The Morgan fingerprint density at radius 1 is 1.15 bits per heavy atom. The highest BCUT2D eigenvalue weighted by Gasteiger charge is 2.10. The first-order chi connectivity index (χ1) is 9.65. The van der Waals surface area contributed by atoms with Gasteiger partial charge in [0.2, 0.25) is 0 Å². The average Bonchev–Trinajstić information content (AvgIpc) is 2.82. The van der Waals surface area contributed by atoms with E-state index in [9.17, 15) is 9.90 Å². The number of rotatable bonds is 3. The third-order valence-electron chi connectivity index (χ3n) is 3.29. The SMILES string of the molecule is O=C(O)c1cccc2c1ccn2Cc1cccc(Cl)c1. The second kappa shape index (κ2) is 5.02. The quantitative estimate of drug-likeness (QED) is 0.789. The zero-order chi connectivity index (χ0) is 14.1. The van der Waals surface area contributed by atoms with E-state index in [1.165, 1.54) is 0 Å². The van der Waals surface area contributed by atoms with Gasteiger partial charge in [0.15, 0.2) is 0 Å². The Kier molecular flexibility index (Phi) is 3.20. The summed E-state index contributed by atoms with van der Waals surface area (Å²) < 4.78 is 2.02. The predicted octanol–water partition coefficient (Wildman–Crippen LogP) is 4.04. The molecular formula is C16H12ClNO2. The summed E-state index contributed by atoms with van der Waals surface area (Å²) in [7, 11) is 0. The van der Waals surface area contributed by atoms with Crippen LogP contribution in [-0.4, -0.2) is 15.6 Å². The molecule has 0 saturated carbocycles. The van der Waals surface area contributed by atoms with Crippen LogP contribution >= 0.6 is 11.6 Å². The predicted molar refractivity (Wildman–Crippen MR) is 79.5 cm³/mol. The van der Waals surface area contributed by atoms with Crippen molar-refractivity contribution in [3.63, 3.8) is 0 Å². The Bertz CT molecular complexity index is 792. The average molecular weight is 286 g/mol. The molecule has 0 aliphatic rings. The minimum Gasteiger partial charge on any atom is -0.478 e. The molecule has 0 aliphatic heterocycles. The Labute approximate surface area is 121 Å². The van der Waals surface area contributed by atoms with Crippen LogP contribution in [0.5, 0.6) is 0 Å². The van der Waals surface area contributed by atoms with Crippen LogP contribution in [0, 0.1) is 0 Å². The van der Waals surface area contributed by atoms with Crippen LogP contribution in [-0.2, 0) is 6.54 Å². The maximum Gasteiger partial charge on any atom is 0.336 e. The van der Waals surface area contributed by atoms with Gasteiger partial charge in [-0.1, -0.05) is 29.8 Å². The van der Waals surface area contributed by atoms with Crippen LogP contribution in [0.15, 0.2) is 54.7 Å². The molecule has 1 N–H and O–H groups in total. The normalized spacial score (nSPS) is 10.8. The summed E-state index contributed by atoms with van der Waals surface area (Å²) in [5.41, 5.74) is 2.31. The summed E-state index contributed by atoms with van der Waals surface area (Å²) in [5.74, 6) is -0.906. The van der Waals surface area contributed by atoms with Crippen molar-refractivity contribution < 1.29 is 9.90 Å². The summed E-state index contributed by atoms with van der Waals surface area (Å²) in [6.45, 7) is 0.660. The van der Waals surface area contributed by atoms with Gasteiger partial charge in [0.05, 0.1) is 5.56 Å². The van der Waals surface area contributed by atoms with E-state index < -0.39 is 5.97 Å². The molecule has 3 nitrogen and oxygen atoms in total. The van der Waals surface area contributed by atoms with Gasteiger partial charge >= 0.3 is 5.97 Å². The topological polar surface area (TPSA) is 42.2 Å². The minimum atomic E-state index is -0.906. The van der Waals surface area contributed by atoms with E-state index in [4.69, 9.17) is 11.6 Å². The zero-order valence-electron chi connectivity index (χ0n) is 10.6. The number of carboxylic acid groups (broad SMARTS) is 1. The lowest BCUT2D eigenvalue weighted by molar-refractivity contribution is 0.0699. The van der Waals surface area contributed by atoms with E-state index in [1.54, 1.807) is 12.1 Å². The van der Waals surface area contributed by atoms with E-state index in [0.717, 1.165) is 16.5 Å². The molecule has 0 spiro atoms.